The van der Waals surface area contributed by atoms with Gasteiger partial charge in [-0.15, -0.1) is 17.8 Å². The molecule has 0 saturated carbocycles. The van der Waals surface area contributed by atoms with Gasteiger partial charge in [-0.3, -0.25) is 14.8 Å². The van der Waals surface area contributed by atoms with E-state index in [0.29, 0.717) is 12.5 Å². The Labute approximate surface area is 183 Å². The SMILES string of the molecule is CC.CC1CSC(c2nc3cc[c-]cc3s2)=N1.CNC=O.[K+]. The zero-order chi connectivity index (χ0) is 15.7. The van der Waals surface area contributed by atoms with Gasteiger partial charge in [0.2, 0.25) is 6.41 Å². The molecule has 7 heteroatoms. The number of fused-ring (bicyclic) bond motifs is 1. The first kappa shape index (κ1) is 22.2. The zero-order valence-corrected chi connectivity index (χ0v) is 18.5. The Morgan fingerprint density at radius 1 is 1.45 bits per heavy atom. The van der Waals surface area contributed by atoms with Crippen LogP contribution in [-0.4, -0.2) is 35.3 Å². The van der Waals surface area contributed by atoms with Gasteiger partial charge in [-0.2, -0.15) is 29.5 Å². The van der Waals surface area contributed by atoms with Gasteiger partial charge in [0.1, 0.15) is 10.1 Å². The number of thioether (sulfide) groups is 1. The molecule has 0 fully saturated rings. The number of rotatable bonds is 2. The second kappa shape index (κ2) is 12.6. The van der Waals surface area contributed by atoms with Crippen molar-refractivity contribution in [3.8, 4) is 0 Å². The molecule has 3 rings (SSSR count). The third-order valence-corrected chi connectivity index (χ3v) is 4.71. The molecule has 0 radical (unpaired) electrons. The Morgan fingerprint density at radius 3 is 2.64 bits per heavy atom. The summed E-state index contributed by atoms with van der Waals surface area (Å²) in [5, 5.41) is 4.41. The standard InChI is InChI=1S/C11H9N2S2.C2H5NO.C2H6.K/c1-7-6-14-10(12-7)11-13-8-4-2-3-5-9(8)15-11;1-3-2-4;1-2;/h2,4-5,7H,6H2,1H3;2H,1H3,(H,3,4);1-2H3;/q-1;;;+1. The van der Waals surface area contributed by atoms with Crippen LogP contribution in [0.4, 0.5) is 0 Å². The molecular formula is C15H20KN3OS2. The molecule has 114 valence electrons. The summed E-state index contributed by atoms with van der Waals surface area (Å²) >= 11 is 3.51. The quantitative estimate of drug-likeness (QED) is 0.478. The minimum atomic E-state index is 0. The number of hydrogen-bond acceptors (Lipinski definition) is 5. The van der Waals surface area contributed by atoms with Crippen molar-refractivity contribution in [1.29, 1.82) is 0 Å². The number of thiazole rings is 1. The van der Waals surface area contributed by atoms with E-state index in [1.807, 2.05) is 32.0 Å². The molecule has 0 aliphatic carbocycles. The number of benzene rings is 1. The van der Waals surface area contributed by atoms with Gasteiger partial charge in [-0.25, -0.2) is 0 Å². The van der Waals surface area contributed by atoms with Crippen LogP contribution in [0, 0.1) is 6.07 Å². The Bertz CT molecular complexity index is 568. The summed E-state index contributed by atoms with van der Waals surface area (Å²) in [7, 11) is 1.56. The molecular weight excluding hydrogens is 341 g/mol. The molecule has 1 aromatic carbocycles. The number of nitrogens with one attached hydrogen (secondary N) is 1. The molecule has 1 aliphatic rings. The molecule has 1 amide bonds. The minimum Gasteiger partial charge on any atom is -0.362 e. The predicted octanol–water partition coefficient (Wildman–Crippen LogP) is 0.371. The molecule has 1 aromatic heterocycles. The maximum absolute atomic E-state index is 9.06. The van der Waals surface area contributed by atoms with E-state index in [1.54, 1.807) is 30.1 Å². The first-order chi connectivity index (χ1) is 10.2. The van der Waals surface area contributed by atoms with Gasteiger partial charge >= 0.3 is 51.4 Å². The smallest absolute Gasteiger partial charge is 0.362 e. The Hall–Kier alpha value is 0.236. The van der Waals surface area contributed by atoms with E-state index in [4.69, 9.17) is 4.79 Å². The maximum atomic E-state index is 9.06. The molecule has 22 heavy (non-hydrogen) atoms. The Morgan fingerprint density at radius 2 is 2.14 bits per heavy atom. The van der Waals surface area contributed by atoms with Gasteiger partial charge in [0.05, 0.1) is 6.04 Å². The Kier molecular flexibility index (Phi) is 12.8. The van der Waals surface area contributed by atoms with Crippen molar-refractivity contribution in [1.82, 2.24) is 10.3 Å². The topological polar surface area (TPSA) is 54.4 Å². The molecule has 2 aromatic rings. The van der Waals surface area contributed by atoms with Crippen LogP contribution in [-0.2, 0) is 4.79 Å². The number of aliphatic imine (C=N–C) groups is 1. The van der Waals surface area contributed by atoms with Crippen molar-refractivity contribution in [2.75, 3.05) is 12.8 Å². The fourth-order valence-corrected chi connectivity index (χ4v) is 3.54. The molecule has 2 heterocycles. The molecule has 4 nitrogen and oxygen atoms in total. The molecule has 1 unspecified atom stereocenters. The van der Waals surface area contributed by atoms with Gasteiger partial charge in [-0.05, 0) is 12.4 Å². The molecule has 0 bridgehead atoms. The van der Waals surface area contributed by atoms with Crippen LogP contribution in [0.1, 0.15) is 25.8 Å². The van der Waals surface area contributed by atoms with Crippen LogP contribution in [0.15, 0.2) is 23.2 Å². The van der Waals surface area contributed by atoms with Crippen molar-refractivity contribution in [3.63, 3.8) is 0 Å². The van der Waals surface area contributed by atoms with E-state index in [2.05, 4.69) is 28.3 Å². The van der Waals surface area contributed by atoms with Crippen molar-refractivity contribution in [3.05, 3.63) is 29.3 Å². The molecule has 1 N–H and O–H groups in total. The van der Waals surface area contributed by atoms with Gasteiger partial charge in [-0.1, -0.05) is 18.5 Å². The first-order valence-electron chi connectivity index (χ1n) is 6.83. The predicted molar refractivity (Wildman–Crippen MR) is 93.4 cm³/mol. The van der Waals surface area contributed by atoms with Gasteiger partial charge < -0.3 is 5.32 Å². The van der Waals surface area contributed by atoms with E-state index >= 15 is 0 Å². The summed E-state index contributed by atoms with van der Waals surface area (Å²) < 4.78 is 1.19. The maximum Gasteiger partial charge on any atom is 1.00 e. The number of nitrogens with zero attached hydrogens (tertiary/aromatic N) is 2. The summed E-state index contributed by atoms with van der Waals surface area (Å²) in [6.45, 7) is 6.14. The van der Waals surface area contributed by atoms with Crippen molar-refractivity contribution < 1.29 is 56.2 Å². The van der Waals surface area contributed by atoms with E-state index in [-0.39, 0.29) is 51.4 Å². The fraction of sp³-hybridized carbons (Fsp3) is 0.400. The largest absolute Gasteiger partial charge is 1.00 e. The van der Waals surface area contributed by atoms with Crippen LogP contribution < -0.4 is 56.7 Å². The monoisotopic (exact) mass is 361 g/mol. The number of carbonyl (C=O) groups excluding carboxylic acids is 1. The number of carbonyl (C=O) groups is 1. The molecule has 1 aliphatic heterocycles. The van der Waals surface area contributed by atoms with Crippen LogP contribution >= 0.6 is 23.1 Å². The van der Waals surface area contributed by atoms with Crippen LogP contribution in [0.2, 0.25) is 0 Å². The number of aromatic nitrogens is 1. The third kappa shape index (κ3) is 6.78. The molecule has 1 atom stereocenters. The average Bonchev–Trinajstić information content (AvgIpc) is 3.15. The second-order valence-electron chi connectivity index (χ2n) is 3.91. The van der Waals surface area contributed by atoms with Crippen molar-refractivity contribution >= 4 is 44.8 Å². The summed E-state index contributed by atoms with van der Waals surface area (Å²) in [4.78, 5) is 18.2. The minimum absolute atomic E-state index is 0. The summed E-state index contributed by atoms with van der Waals surface area (Å²) in [6, 6.07) is 9.39. The van der Waals surface area contributed by atoms with E-state index < -0.39 is 0 Å². The molecule has 0 spiro atoms. The first-order valence-corrected chi connectivity index (χ1v) is 8.63. The fourth-order valence-electron chi connectivity index (χ4n) is 1.50. The average molecular weight is 362 g/mol. The summed E-state index contributed by atoms with van der Waals surface area (Å²) in [5.41, 5.74) is 1.05. The normalized spacial score (nSPS) is 15.5. The molecule has 0 saturated heterocycles. The van der Waals surface area contributed by atoms with E-state index in [9.17, 15) is 0 Å². The van der Waals surface area contributed by atoms with Crippen LogP contribution in [0.5, 0.6) is 0 Å². The Balaban J connectivity index is 0.000000555. The summed E-state index contributed by atoms with van der Waals surface area (Å²) in [6.07, 6.45) is 0.625. The second-order valence-corrected chi connectivity index (χ2v) is 5.95. The van der Waals surface area contributed by atoms with E-state index in [1.165, 1.54) is 4.70 Å². The van der Waals surface area contributed by atoms with E-state index in [0.717, 1.165) is 21.3 Å². The van der Waals surface area contributed by atoms with Gasteiger partial charge in [0.15, 0.2) is 0 Å². The van der Waals surface area contributed by atoms with Crippen LogP contribution in [0.25, 0.3) is 10.2 Å². The summed E-state index contributed by atoms with van der Waals surface area (Å²) in [5.74, 6) is 1.08. The zero-order valence-electron chi connectivity index (χ0n) is 13.7. The van der Waals surface area contributed by atoms with Gasteiger partial charge in [0.25, 0.3) is 0 Å². The van der Waals surface area contributed by atoms with Gasteiger partial charge in [0, 0.05) is 12.8 Å². The van der Waals surface area contributed by atoms with Crippen molar-refractivity contribution in [2.45, 2.75) is 26.8 Å². The third-order valence-electron chi connectivity index (χ3n) is 2.33. The van der Waals surface area contributed by atoms with Crippen LogP contribution in [0.3, 0.4) is 0 Å². The number of amides is 1. The number of hydrogen-bond donors (Lipinski definition) is 1. The van der Waals surface area contributed by atoms with Crippen molar-refractivity contribution in [2.24, 2.45) is 4.99 Å².